The van der Waals surface area contributed by atoms with E-state index in [0.29, 0.717) is 0 Å². The van der Waals surface area contributed by atoms with Crippen LogP contribution in [0.1, 0.15) is 20.7 Å². The van der Waals surface area contributed by atoms with Crippen LogP contribution in [0.25, 0.3) is 0 Å². The molecule has 0 aliphatic heterocycles. The number of carbonyl (C=O) groups excluding carboxylic acids is 2. The van der Waals surface area contributed by atoms with Crippen LogP contribution >= 0.6 is 0 Å². The summed E-state index contributed by atoms with van der Waals surface area (Å²) in [7, 11) is 0. The van der Waals surface area contributed by atoms with E-state index in [2.05, 4.69) is 0 Å². The standard InChI is InChI=1S/C14H18O8/c15-5-11(17)7-21-13(19)9-2-1-3-10(4-9)14(20)22-8-12(18)6-16/h1-4,11-12,15-18H,5-8H2. The van der Waals surface area contributed by atoms with Gasteiger partial charge in [0.15, 0.2) is 0 Å². The maximum atomic E-state index is 11.7. The number of benzene rings is 1. The Morgan fingerprint density at radius 3 is 1.68 bits per heavy atom. The van der Waals surface area contributed by atoms with E-state index in [1.165, 1.54) is 24.3 Å². The molecule has 0 aromatic heterocycles. The third-order valence-electron chi connectivity index (χ3n) is 2.57. The minimum Gasteiger partial charge on any atom is -0.459 e. The Hall–Kier alpha value is -2.00. The molecule has 0 bridgehead atoms. The largest absolute Gasteiger partial charge is 0.459 e. The first kappa shape index (κ1) is 18.1. The molecule has 0 amide bonds. The summed E-state index contributed by atoms with van der Waals surface area (Å²) >= 11 is 0. The summed E-state index contributed by atoms with van der Waals surface area (Å²) in [5.41, 5.74) is 0.143. The van der Waals surface area contributed by atoms with E-state index in [9.17, 15) is 9.59 Å². The summed E-state index contributed by atoms with van der Waals surface area (Å²) in [5, 5.41) is 35.4. The van der Waals surface area contributed by atoms with Crippen molar-refractivity contribution in [1.29, 1.82) is 0 Å². The van der Waals surface area contributed by atoms with Gasteiger partial charge in [-0.15, -0.1) is 0 Å². The first-order chi connectivity index (χ1) is 10.5. The van der Waals surface area contributed by atoms with Crippen LogP contribution in [-0.2, 0) is 9.47 Å². The SMILES string of the molecule is O=C(OCC(O)CO)c1cccc(C(=O)OCC(O)CO)c1. The zero-order chi connectivity index (χ0) is 16.5. The number of hydrogen-bond acceptors (Lipinski definition) is 8. The van der Waals surface area contributed by atoms with Crippen LogP contribution in [0.4, 0.5) is 0 Å². The molecule has 0 saturated heterocycles. The Morgan fingerprint density at radius 1 is 0.909 bits per heavy atom. The van der Waals surface area contributed by atoms with E-state index in [-0.39, 0.29) is 24.3 Å². The molecule has 8 nitrogen and oxygen atoms in total. The average molecular weight is 314 g/mol. The highest BCUT2D eigenvalue weighted by molar-refractivity contribution is 5.95. The number of carbonyl (C=O) groups is 2. The highest BCUT2D eigenvalue weighted by atomic mass is 16.5. The van der Waals surface area contributed by atoms with Gasteiger partial charge >= 0.3 is 11.9 Å². The Kier molecular flexibility index (Phi) is 7.47. The molecule has 4 N–H and O–H groups in total. The van der Waals surface area contributed by atoms with Crippen LogP contribution in [0.3, 0.4) is 0 Å². The van der Waals surface area contributed by atoms with Crippen molar-refractivity contribution in [3.8, 4) is 0 Å². The summed E-state index contributed by atoms with van der Waals surface area (Å²) in [5.74, 6) is -1.53. The topological polar surface area (TPSA) is 134 Å². The number of ether oxygens (including phenoxy) is 2. The monoisotopic (exact) mass is 314 g/mol. The molecular formula is C14H18O8. The molecule has 0 fully saturated rings. The average Bonchev–Trinajstić information content (AvgIpc) is 2.56. The fourth-order valence-corrected chi connectivity index (χ4v) is 1.39. The molecular weight excluding hydrogens is 296 g/mol. The lowest BCUT2D eigenvalue weighted by molar-refractivity contribution is 0.00894. The van der Waals surface area contributed by atoms with Crippen LogP contribution in [0.2, 0.25) is 0 Å². The molecule has 0 spiro atoms. The zero-order valence-corrected chi connectivity index (χ0v) is 11.7. The zero-order valence-electron chi connectivity index (χ0n) is 11.7. The van der Waals surface area contributed by atoms with Gasteiger partial charge < -0.3 is 29.9 Å². The van der Waals surface area contributed by atoms with Crippen molar-refractivity contribution in [1.82, 2.24) is 0 Å². The molecule has 22 heavy (non-hydrogen) atoms. The van der Waals surface area contributed by atoms with Crippen molar-refractivity contribution in [2.24, 2.45) is 0 Å². The molecule has 0 aliphatic rings. The van der Waals surface area contributed by atoms with Gasteiger partial charge in [0.2, 0.25) is 0 Å². The first-order valence-corrected chi connectivity index (χ1v) is 6.50. The Morgan fingerprint density at radius 2 is 1.32 bits per heavy atom. The highest BCUT2D eigenvalue weighted by Gasteiger charge is 2.15. The molecule has 2 unspecified atom stereocenters. The Balaban J connectivity index is 2.64. The normalized spacial score (nSPS) is 13.3. The molecule has 0 saturated carbocycles. The summed E-state index contributed by atoms with van der Waals surface area (Å²) in [4.78, 5) is 23.4. The van der Waals surface area contributed by atoms with Gasteiger partial charge in [0.05, 0.1) is 24.3 Å². The third-order valence-corrected chi connectivity index (χ3v) is 2.57. The van der Waals surface area contributed by atoms with Gasteiger partial charge in [0, 0.05) is 0 Å². The molecule has 2 atom stereocenters. The maximum Gasteiger partial charge on any atom is 0.338 e. The lowest BCUT2D eigenvalue weighted by atomic mass is 10.1. The molecule has 0 aliphatic carbocycles. The number of aliphatic hydroxyl groups is 4. The Labute approximate surface area is 126 Å². The minimum atomic E-state index is -1.17. The second kappa shape index (κ2) is 9.11. The molecule has 0 radical (unpaired) electrons. The quantitative estimate of drug-likeness (QED) is 0.435. The predicted molar refractivity (Wildman–Crippen MR) is 73.2 cm³/mol. The van der Waals surface area contributed by atoms with Gasteiger partial charge in [-0.25, -0.2) is 9.59 Å². The van der Waals surface area contributed by atoms with E-state index < -0.39 is 37.4 Å². The fourth-order valence-electron chi connectivity index (χ4n) is 1.39. The van der Waals surface area contributed by atoms with Crippen LogP contribution in [0.15, 0.2) is 24.3 Å². The van der Waals surface area contributed by atoms with Gasteiger partial charge in [0.1, 0.15) is 25.4 Å². The van der Waals surface area contributed by atoms with Gasteiger partial charge in [-0.1, -0.05) is 6.07 Å². The van der Waals surface area contributed by atoms with Gasteiger partial charge in [0.25, 0.3) is 0 Å². The molecule has 0 heterocycles. The van der Waals surface area contributed by atoms with E-state index in [4.69, 9.17) is 29.9 Å². The summed E-state index contributed by atoms with van der Waals surface area (Å²) in [6, 6.07) is 5.50. The van der Waals surface area contributed by atoms with Gasteiger partial charge in [-0.05, 0) is 18.2 Å². The molecule has 8 heteroatoms. The van der Waals surface area contributed by atoms with Crippen molar-refractivity contribution >= 4 is 11.9 Å². The first-order valence-electron chi connectivity index (χ1n) is 6.50. The molecule has 122 valence electrons. The van der Waals surface area contributed by atoms with Crippen molar-refractivity contribution in [2.75, 3.05) is 26.4 Å². The fraction of sp³-hybridized carbons (Fsp3) is 0.429. The summed E-state index contributed by atoms with van der Waals surface area (Å²) in [6.45, 7) is -1.81. The van der Waals surface area contributed by atoms with Crippen molar-refractivity contribution in [3.63, 3.8) is 0 Å². The van der Waals surface area contributed by atoms with Crippen LogP contribution in [0, 0.1) is 0 Å². The van der Waals surface area contributed by atoms with Crippen LogP contribution < -0.4 is 0 Å². The summed E-state index contributed by atoms with van der Waals surface area (Å²) in [6.07, 6.45) is -2.34. The number of rotatable bonds is 8. The third kappa shape index (κ3) is 5.78. The van der Waals surface area contributed by atoms with Crippen LogP contribution in [-0.4, -0.2) is 71.0 Å². The van der Waals surface area contributed by atoms with E-state index in [1.807, 2.05) is 0 Å². The number of esters is 2. The number of aliphatic hydroxyl groups excluding tert-OH is 4. The van der Waals surface area contributed by atoms with Crippen LogP contribution in [0.5, 0.6) is 0 Å². The maximum absolute atomic E-state index is 11.7. The van der Waals surface area contributed by atoms with Crippen molar-refractivity contribution < 1.29 is 39.5 Å². The molecule has 1 aromatic rings. The van der Waals surface area contributed by atoms with Crippen molar-refractivity contribution in [3.05, 3.63) is 35.4 Å². The van der Waals surface area contributed by atoms with Crippen molar-refractivity contribution in [2.45, 2.75) is 12.2 Å². The van der Waals surface area contributed by atoms with E-state index in [1.54, 1.807) is 0 Å². The van der Waals surface area contributed by atoms with Gasteiger partial charge in [-0.3, -0.25) is 0 Å². The predicted octanol–water partition coefficient (Wildman–Crippen LogP) is -1.29. The number of hydrogen-bond donors (Lipinski definition) is 4. The Bertz CT molecular complexity index is 460. The highest BCUT2D eigenvalue weighted by Crippen LogP contribution is 2.09. The van der Waals surface area contributed by atoms with Gasteiger partial charge in [-0.2, -0.15) is 0 Å². The lowest BCUT2D eigenvalue weighted by Crippen LogP contribution is -2.23. The second-order valence-corrected chi connectivity index (χ2v) is 4.45. The minimum absolute atomic E-state index is 0.0716. The second-order valence-electron chi connectivity index (χ2n) is 4.45. The van der Waals surface area contributed by atoms with E-state index >= 15 is 0 Å². The molecule has 1 aromatic carbocycles. The van der Waals surface area contributed by atoms with E-state index in [0.717, 1.165) is 0 Å². The smallest absolute Gasteiger partial charge is 0.338 e. The lowest BCUT2D eigenvalue weighted by Gasteiger charge is -2.10. The molecule has 1 rings (SSSR count). The summed E-state index contributed by atoms with van der Waals surface area (Å²) < 4.78 is 9.51.